The predicted octanol–water partition coefficient (Wildman–Crippen LogP) is 5.41. The van der Waals surface area contributed by atoms with Crippen molar-refractivity contribution in [1.82, 2.24) is 19.9 Å². The molecule has 0 aliphatic heterocycles. The van der Waals surface area contributed by atoms with Crippen molar-refractivity contribution in [3.8, 4) is 11.1 Å². The SMILES string of the molecule is CCNc1ncc2cc(-c3cc(NC(=O)c4ccnc(C(F)(F)F)c4)ccc3C)c(C)nc2n1. The number of fused-ring (bicyclic) bond motifs is 1. The molecule has 0 unspecified atom stereocenters. The number of nitrogens with one attached hydrogen (secondary N) is 2. The van der Waals surface area contributed by atoms with Crippen molar-refractivity contribution in [1.29, 1.82) is 0 Å². The van der Waals surface area contributed by atoms with Gasteiger partial charge < -0.3 is 10.6 Å². The average molecular weight is 466 g/mol. The highest BCUT2D eigenvalue weighted by Crippen LogP contribution is 2.31. The summed E-state index contributed by atoms with van der Waals surface area (Å²) in [5.41, 5.74) is 3.08. The van der Waals surface area contributed by atoms with Crippen LogP contribution in [0.2, 0.25) is 0 Å². The molecule has 0 aliphatic carbocycles. The van der Waals surface area contributed by atoms with E-state index in [1.165, 1.54) is 6.07 Å². The van der Waals surface area contributed by atoms with Crippen LogP contribution in [0.4, 0.5) is 24.8 Å². The predicted molar refractivity (Wildman–Crippen MR) is 124 cm³/mol. The summed E-state index contributed by atoms with van der Waals surface area (Å²) in [7, 11) is 0. The van der Waals surface area contributed by atoms with Gasteiger partial charge in [-0.2, -0.15) is 18.2 Å². The molecule has 1 aromatic carbocycles. The highest BCUT2D eigenvalue weighted by atomic mass is 19.4. The number of aryl methyl sites for hydroxylation is 2. The summed E-state index contributed by atoms with van der Waals surface area (Å²) in [6.07, 6.45) is -1.98. The van der Waals surface area contributed by atoms with Crippen LogP contribution in [-0.4, -0.2) is 32.4 Å². The quantitative estimate of drug-likeness (QED) is 0.409. The lowest BCUT2D eigenvalue weighted by molar-refractivity contribution is -0.141. The summed E-state index contributed by atoms with van der Waals surface area (Å²) < 4.78 is 38.8. The highest BCUT2D eigenvalue weighted by molar-refractivity contribution is 6.04. The number of nitrogens with zero attached hydrogens (tertiary/aromatic N) is 4. The van der Waals surface area contributed by atoms with Gasteiger partial charge in [0.1, 0.15) is 5.69 Å². The molecule has 0 fully saturated rings. The molecule has 174 valence electrons. The van der Waals surface area contributed by atoms with Crippen LogP contribution in [0.5, 0.6) is 0 Å². The van der Waals surface area contributed by atoms with Crippen LogP contribution in [0.25, 0.3) is 22.2 Å². The molecule has 3 aromatic heterocycles. The molecule has 0 atom stereocenters. The van der Waals surface area contributed by atoms with Crippen molar-refractivity contribution in [3.05, 3.63) is 71.3 Å². The zero-order chi connectivity index (χ0) is 24.5. The number of benzene rings is 1. The molecule has 3 heterocycles. The number of halogens is 3. The molecule has 0 saturated carbocycles. The number of anilines is 2. The van der Waals surface area contributed by atoms with Crippen molar-refractivity contribution in [3.63, 3.8) is 0 Å². The van der Waals surface area contributed by atoms with Crippen LogP contribution in [0.1, 0.15) is 34.2 Å². The molecule has 0 spiro atoms. The van der Waals surface area contributed by atoms with Gasteiger partial charge >= 0.3 is 6.18 Å². The molecule has 4 aromatic rings. The third-order valence-electron chi connectivity index (χ3n) is 5.19. The first kappa shape index (κ1) is 23.1. The van der Waals surface area contributed by atoms with Gasteiger partial charge in [-0.25, -0.2) is 9.97 Å². The topological polar surface area (TPSA) is 92.7 Å². The molecule has 10 heteroatoms. The Bertz CT molecular complexity index is 1390. The highest BCUT2D eigenvalue weighted by Gasteiger charge is 2.33. The number of carbonyl (C=O) groups is 1. The molecule has 0 radical (unpaired) electrons. The minimum absolute atomic E-state index is 0.137. The van der Waals surface area contributed by atoms with E-state index < -0.39 is 17.8 Å². The van der Waals surface area contributed by atoms with Gasteiger partial charge in [-0.05, 0) is 62.2 Å². The van der Waals surface area contributed by atoms with E-state index in [1.807, 2.05) is 32.9 Å². The first-order valence-electron chi connectivity index (χ1n) is 10.5. The molecule has 2 N–H and O–H groups in total. The second-order valence-electron chi connectivity index (χ2n) is 7.67. The summed E-state index contributed by atoms with van der Waals surface area (Å²) in [4.78, 5) is 29.2. The second-order valence-corrected chi connectivity index (χ2v) is 7.67. The summed E-state index contributed by atoms with van der Waals surface area (Å²) in [6.45, 7) is 6.43. The van der Waals surface area contributed by atoms with E-state index in [-0.39, 0.29) is 5.56 Å². The van der Waals surface area contributed by atoms with Crippen LogP contribution in [0.3, 0.4) is 0 Å². The standard InChI is InChI=1S/C24H21F3N6O/c1-4-28-23-30-12-16-9-19(14(3)31-21(16)33-23)18-11-17(6-5-13(18)2)32-22(34)15-7-8-29-20(10-15)24(25,26)27/h5-12H,4H2,1-3H3,(H,32,34)(H,28,30,31,33). The van der Waals surface area contributed by atoms with Gasteiger partial charge in [-0.15, -0.1) is 0 Å². The number of aromatic nitrogens is 4. The number of rotatable bonds is 5. The molecule has 7 nitrogen and oxygen atoms in total. The van der Waals surface area contributed by atoms with Gasteiger partial charge in [0.25, 0.3) is 5.91 Å². The fourth-order valence-corrected chi connectivity index (χ4v) is 3.49. The van der Waals surface area contributed by atoms with E-state index in [9.17, 15) is 18.0 Å². The van der Waals surface area contributed by atoms with E-state index >= 15 is 0 Å². The minimum atomic E-state index is -4.63. The lowest BCUT2D eigenvalue weighted by Gasteiger charge is -2.14. The Morgan fingerprint density at radius 1 is 1.00 bits per heavy atom. The zero-order valence-corrected chi connectivity index (χ0v) is 18.7. The Hall–Kier alpha value is -4.08. The Labute approximate surface area is 193 Å². The Kier molecular flexibility index (Phi) is 6.14. The maximum absolute atomic E-state index is 12.9. The van der Waals surface area contributed by atoms with Crippen molar-refractivity contribution < 1.29 is 18.0 Å². The van der Waals surface area contributed by atoms with E-state index in [0.29, 0.717) is 23.8 Å². The number of carbonyl (C=O) groups excluding carboxylic acids is 1. The Morgan fingerprint density at radius 2 is 1.79 bits per heavy atom. The Balaban J connectivity index is 1.66. The smallest absolute Gasteiger partial charge is 0.354 e. The number of hydrogen-bond acceptors (Lipinski definition) is 6. The maximum atomic E-state index is 12.9. The molecule has 0 aliphatic rings. The van der Waals surface area contributed by atoms with Gasteiger partial charge in [0.2, 0.25) is 5.95 Å². The third kappa shape index (κ3) is 4.80. The third-order valence-corrected chi connectivity index (χ3v) is 5.19. The number of alkyl halides is 3. The summed E-state index contributed by atoms with van der Waals surface area (Å²) in [5, 5.41) is 6.48. The monoisotopic (exact) mass is 466 g/mol. The van der Waals surface area contributed by atoms with Crippen molar-refractivity contribution in [2.45, 2.75) is 26.9 Å². The zero-order valence-electron chi connectivity index (χ0n) is 18.7. The fourth-order valence-electron chi connectivity index (χ4n) is 3.49. The molecule has 4 rings (SSSR count). The lowest BCUT2D eigenvalue weighted by atomic mass is 9.98. The van der Waals surface area contributed by atoms with Crippen molar-refractivity contribution >= 4 is 28.6 Å². The molecule has 1 amide bonds. The van der Waals surface area contributed by atoms with Crippen molar-refractivity contribution in [2.24, 2.45) is 0 Å². The summed E-state index contributed by atoms with van der Waals surface area (Å²) in [6, 6.07) is 9.18. The van der Waals surface area contributed by atoms with Gasteiger partial charge in [-0.3, -0.25) is 9.78 Å². The first-order valence-corrected chi connectivity index (χ1v) is 10.5. The van der Waals surface area contributed by atoms with E-state index in [1.54, 1.807) is 18.3 Å². The molecule has 34 heavy (non-hydrogen) atoms. The van der Waals surface area contributed by atoms with Crippen LogP contribution in [0, 0.1) is 13.8 Å². The van der Waals surface area contributed by atoms with Gasteiger partial charge in [0, 0.05) is 46.8 Å². The van der Waals surface area contributed by atoms with Crippen LogP contribution < -0.4 is 10.6 Å². The van der Waals surface area contributed by atoms with E-state index in [4.69, 9.17) is 0 Å². The van der Waals surface area contributed by atoms with Crippen molar-refractivity contribution in [2.75, 3.05) is 17.2 Å². The number of hydrogen-bond donors (Lipinski definition) is 2. The number of amides is 1. The molecular formula is C24H21F3N6O. The second kappa shape index (κ2) is 9.05. The van der Waals surface area contributed by atoms with E-state index in [2.05, 4.69) is 30.6 Å². The molecule has 0 saturated heterocycles. The van der Waals surface area contributed by atoms with Crippen LogP contribution >= 0.6 is 0 Å². The fraction of sp³-hybridized carbons (Fsp3) is 0.208. The first-order chi connectivity index (χ1) is 16.2. The van der Waals surface area contributed by atoms with E-state index in [0.717, 1.165) is 40.0 Å². The lowest BCUT2D eigenvalue weighted by Crippen LogP contribution is -2.15. The number of pyridine rings is 2. The van der Waals surface area contributed by atoms with Crippen LogP contribution in [-0.2, 0) is 6.18 Å². The van der Waals surface area contributed by atoms with Gasteiger partial charge in [0.15, 0.2) is 5.65 Å². The van der Waals surface area contributed by atoms with Crippen LogP contribution in [0.15, 0.2) is 48.8 Å². The van der Waals surface area contributed by atoms with Gasteiger partial charge in [-0.1, -0.05) is 6.07 Å². The largest absolute Gasteiger partial charge is 0.433 e. The molecular weight excluding hydrogens is 445 g/mol. The maximum Gasteiger partial charge on any atom is 0.433 e. The summed E-state index contributed by atoms with van der Waals surface area (Å²) in [5.74, 6) is -0.166. The minimum Gasteiger partial charge on any atom is -0.354 e. The Morgan fingerprint density at radius 3 is 2.53 bits per heavy atom. The summed E-state index contributed by atoms with van der Waals surface area (Å²) >= 11 is 0. The normalized spacial score (nSPS) is 11.5. The average Bonchev–Trinajstić information content (AvgIpc) is 2.80. The van der Waals surface area contributed by atoms with Gasteiger partial charge in [0.05, 0.1) is 0 Å². The molecule has 0 bridgehead atoms.